The third-order valence-corrected chi connectivity index (χ3v) is 6.99. The highest BCUT2D eigenvalue weighted by atomic mass is 31.1. The highest BCUT2D eigenvalue weighted by Crippen LogP contribution is 2.50. The molecule has 20 heavy (non-hydrogen) atoms. The highest BCUT2D eigenvalue weighted by molar-refractivity contribution is 7.52. The van der Waals surface area contributed by atoms with E-state index in [2.05, 4.69) is 64.7 Å². The van der Waals surface area contributed by atoms with E-state index in [1.165, 1.54) is 6.16 Å². The van der Waals surface area contributed by atoms with Gasteiger partial charge in [0.15, 0.2) is 0 Å². The standard InChI is InChI=1S/C16H37N2OP/c1-13(2)17(14(3)4)20(12-10-11-19-9)18(15(5)6)16(7)8/h13-16H,10-12H2,1-9H3. The topological polar surface area (TPSA) is 15.7 Å². The van der Waals surface area contributed by atoms with Gasteiger partial charge in [0, 0.05) is 46.1 Å². The van der Waals surface area contributed by atoms with E-state index in [9.17, 15) is 0 Å². The molecule has 0 aliphatic rings. The smallest absolute Gasteiger partial charge is 0.0466 e. The molecule has 122 valence electrons. The predicted molar refractivity (Wildman–Crippen MR) is 92.5 cm³/mol. The molecular formula is C16H37N2OP. The minimum atomic E-state index is -0.270. The Morgan fingerprint density at radius 2 is 1.10 bits per heavy atom. The van der Waals surface area contributed by atoms with Crippen molar-refractivity contribution >= 4 is 8.22 Å². The summed E-state index contributed by atoms with van der Waals surface area (Å²) in [4.78, 5) is 0. The van der Waals surface area contributed by atoms with E-state index in [0.29, 0.717) is 24.2 Å². The first-order chi connectivity index (χ1) is 9.23. The molecule has 0 spiro atoms. The Morgan fingerprint density at radius 3 is 1.35 bits per heavy atom. The van der Waals surface area contributed by atoms with E-state index >= 15 is 0 Å². The van der Waals surface area contributed by atoms with Crippen LogP contribution in [0.3, 0.4) is 0 Å². The van der Waals surface area contributed by atoms with Crippen molar-refractivity contribution in [2.24, 2.45) is 0 Å². The SMILES string of the molecule is COCCCP(N(C(C)C)C(C)C)N(C(C)C)C(C)C. The van der Waals surface area contributed by atoms with Gasteiger partial charge in [-0.1, -0.05) is 0 Å². The first-order valence-corrected chi connectivity index (χ1v) is 9.50. The minimum absolute atomic E-state index is 0.270. The summed E-state index contributed by atoms with van der Waals surface area (Å²) in [5, 5.41) is 0. The van der Waals surface area contributed by atoms with Gasteiger partial charge in [-0.15, -0.1) is 0 Å². The summed E-state index contributed by atoms with van der Waals surface area (Å²) in [6, 6.07) is 2.35. The number of nitrogens with zero attached hydrogens (tertiary/aromatic N) is 2. The van der Waals surface area contributed by atoms with Crippen molar-refractivity contribution in [3.63, 3.8) is 0 Å². The lowest BCUT2D eigenvalue weighted by atomic mass is 10.3. The summed E-state index contributed by atoms with van der Waals surface area (Å²) >= 11 is 0. The molecule has 0 unspecified atom stereocenters. The number of ether oxygens (including phenoxy) is 1. The molecule has 0 N–H and O–H groups in total. The van der Waals surface area contributed by atoms with E-state index in [0.717, 1.165) is 13.0 Å². The molecule has 0 atom stereocenters. The normalized spacial score (nSPS) is 13.2. The molecule has 0 aromatic heterocycles. The monoisotopic (exact) mass is 304 g/mol. The largest absolute Gasteiger partial charge is 0.385 e. The molecule has 0 amide bonds. The zero-order valence-electron chi connectivity index (χ0n) is 15.2. The molecule has 0 heterocycles. The van der Waals surface area contributed by atoms with Crippen molar-refractivity contribution < 1.29 is 4.74 Å². The predicted octanol–water partition coefficient (Wildman–Crippen LogP) is 4.57. The summed E-state index contributed by atoms with van der Waals surface area (Å²) in [7, 11) is 1.53. The first kappa shape index (κ1) is 20.3. The Kier molecular flexibility index (Phi) is 10.3. The maximum atomic E-state index is 5.27. The number of hydrogen-bond donors (Lipinski definition) is 0. The molecule has 0 radical (unpaired) electrons. The molecule has 0 rings (SSSR count). The lowest BCUT2D eigenvalue weighted by Gasteiger charge is -2.47. The Labute approximate surface area is 128 Å². The summed E-state index contributed by atoms with van der Waals surface area (Å²) in [6.07, 6.45) is 2.38. The molecule has 0 aromatic carbocycles. The van der Waals surface area contributed by atoms with E-state index in [-0.39, 0.29) is 8.22 Å². The zero-order valence-corrected chi connectivity index (χ0v) is 16.1. The molecule has 0 fully saturated rings. The van der Waals surface area contributed by atoms with Crippen molar-refractivity contribution in [2.45, 2.75) is 86.0 Å². The average Bonchev–Trinajstić information content (AvgIpc) is 2.26. The second-order valence-corrected chi connectivity index (χ2v) is 8.69. The molecule has 0 saturated carbocycles. The van der Waals surface area contributed by atoms with Gasteiger partial charge >= 0.3 is 0 Å². The lowest BCUT2D eigenvalue weighted by molar-refractivity contribution is 0.197. The van der Waals surface area contributed by atoms with Crippen LogP contribution in [0.5, 0.6) is 0 Å². The van der Waals surface area contributed by atoms with Gasteiger partial charge in [0.25, 0.3) is 0 Å². The summed E-state index contributed by atoms with van der Waals surface area (Å²) in [5.74, 6) is 0. The Morgan fingerprint density at radius 1 is 0.750 bits per heavy atom. The summed E-state index contributed by atoms with van der Waals surface area (Å²) in [5.41, 5.74) is 0. The first-order valence-electron chi connectivity index (χ1n) is 8.06. The summed E-state index contributed by atoms with van der Waals surface area (Å²) in [6.45, 7) is 19.5. The van der Waals surface area contributed by atoms with Gasteiger partial charge in [-0.25, -0.2) is 0 Å². The van der Waals surface area contributed by atoms with Gasteiger partial charge in [-0.2, -0.15) is 0 Å². The van der Waals surface area contributed by atoms with Crippen LogP contribution in [-0.4, -0.2) is 53.4 Å². The van der Waals surface area contributed by atoms with Crippen LogP contribution in [0.25, 0.3) is 0 Å². The van der Waals surface area contributed by atoms with E-state index in [1.54, 1.807) is 7.11 Å². The number of methoxy groups -OCH3 is 1. The lowest BCUT2D eigenvalue weighted by Crippen LogP contribution is -2.43. The second-order valence-electron chi connectivity index (χ2n) is 6.58. The number of rotatable bonds is 10. The molecule has 0 saturated heterocycles. The van der Waals surface area contributed by atoms with Crippen LogP contribution in [0.4, 0.5) is 0 Å². The Hall–Kier alpha value is 0.310. The van der Waals surface area contributed by atoms with Gasteiger partial charge < -0.3 is 4.74 Å². The third-order valence-electron chi connectivity index (χ3n) is 3.36. The minimum Gasteiger partial charge on any atom is -0.385 e. The number of hydrogen-bond acceptors (Lipinski definition) is 3. The molecule has 0 aliphatic heterocycles. The fourth-order valence-corrected chi connectivity index (χ4v) is 6.20. The molecule has 4 heteroatoms. The average molecular weight is 304 g/mol. The van der Waals surface area contributed by atoms with Crippen LogP contribution in [0, 0.1) is 0 Å². The zero-order chi connectivity index (χ0) is 15.9. The van der Waals surface area contributed by atoms with E-state index < -0.39 is 0 Å². The van der Waals surface area contributed by atoms with Crippen molar-refractivity contribution in [2.75, 3.05) is 19.9 Å². The van der Waals surface area contributed by atoms with Crippen LogP contribution < -0.4 is 0 Å². The van der Waals surface area contributed by atoms with Crippen molar-refractivity contribution in [1.29, 1.82) is 0 Å². The molecule has 0 aromatic rings. The van der Waals surface area contributed by atoms with Crippen molar-refractivity contribution in [3.8, 4) is 0 Å². The van der Waals surface area contributed by atoms with Gasteiger partial charge in [-0.05, 0) is 68.0 Å². The van der Waals surface area contributed by atoms with Crippen molar-refractivity contribution in [3.05, 3.63) is 0 Å². The van der Waals surface area contributed by atoms with E-state index in [1.807, 2.05) is 0 Å². The third kappa shape index (κ3) is 6.39. The van der Waals surface area contributed by atoms with Gasteiger partial charge in [-0.3, -0.25) is 9.34 Å². The highest BCUT2D eigenvalue weighted by Gasteiger charge is 2.31. The molecular weight excluding hydrogens is 267 g/mol. The maximum absolute atomic E-state index is 5.27. The quantitative estimate of drug-likeness (QED) is 0.434. The molecule has 3 nitrogen and oxygen atoms in total. The van der Waals surface area contributed by atoms with Crippen LogP contribution in [-0.2, 0) is 4.74 Å². The van der Waals surface area contributed by atoms with Gasteiger partial charge in [0.05, 0.1) is 0 Å². The van der Waals surface area contributed by atoms with Crippen molar-refractivity contribution in [1.82, 2.24) is 9.34 Å². The summed E-state index contributed by atoms with van der Waals surface area (Å²) < 4.78 is 10.7. The Balaban J connectivity index is 5.20. The van der Waals surface area contributed by atoms with E-state index in [4.69, 9.17) is 4.74 Å². The Bertz CT molecular complexity index is 209. The molecule has 0 aliphatic carbocycles. The molecule has 0 bridgehead atoms. The van der Waals surface area contributed by atoms with Gasteiger partial charge in [0.2, 0.25) is 0 Å². The van der Waals surface area contributed by atoms with Gasteiger partial charge in [0.1, 0.15) is 0 Å². The fraction of sp³-hybridized carbons (Fsp3) is 1.00. The second kappa shape index (κ2) is 10.1. The fourth-order valence-electron chi connectivity index (χ4n) is 2.96. The van der Waals surface area contributed by atoms with Crippen LogP contribution >= 0.6 is 8.22 Å². The van der Waals surface area contributed by atoms with Crippen LogP contribution in [0.2, 0.25) is 0 Å². The maximum Gasteiger partial charge on any atom is 0.0466 e. The van der Waals surface area contributed by atoms with Crippen LogP contribution in [0.15, 0.2) is 0 Å². The van der Waals surface area contributed by atoms with Crippen LogP contribution in [0.1, 0.15) is 61.8 Å².